The Kier molecular flexibility index (Phi) is 4.11. The van der Waals surface area contributed by atoms with E-state index in [9.17, 15) is 0 Å². The van der Waals surface area contributed by atoms with Gasteiger partial charge in [-0.1, -0.05) is 51.5 Å². The molecule has 2 nitrogen and oxygen atoms in total. The van der Waals surface area contributed by atoms with Gasteiger partial charge in [0.25, 0.3) is 0 Å². The van der Waals surface area contributed by atoms with Gasteiger partial charge >= 0.3 is 0 Å². The second kappa shape index (κ2) is 5.73. The Balaban J connectivity index is 1.74. The molecule has 116 valence electrons. The summed E-state index contributed by atoms with van der Waals surface area (Å²) in [5.74, 6) is 1.88. The van der Waals surface area contributed by atoms with Gasteiger partial charge in [-0.15, -0.1) is 0 Å². The number of hydrogen-bond donors (Lipinski definition) is 1. The molecule has 0 spiro atoms. The van der Waals surface area contributed by atoms with Crippen molar-refractivity contribution < 1.29 is 0 Å². The normalized spacial score (nSPS) is 27.8. The highest BCUT2D eigenvalue weighted by Crippen LogP contribution is 2.40. The van der Waals surface area contributed by atoms with Crippen molar-refractivity contribution >= 4 is 0 Å². The molecule has 2 fully saturated rings. The molecule has 1 aliphatic heterocycles. The topological polar surface area (TPSA) is 29.3 Å². The van der Waals surface area contributed by atoms with Crippen LogP contribution in [0.25, 0.3) is 0 Å². The fourth-order valence-corrected chi connectivity index (χ4v) is 4.23. The third-order valence-corrected chi connectivity index (χ3v) is 5.58. The summed E-state index contributed by atoms with van der Waals surface area (Å²) in [5, 5.41) is 0. The van der Waals surface area contributed by atoms with Crippen molar-refractivity contribution in [3.8, 4) is 0 Å². The van der Waals surface area contributed by atoms with Crippen molar-refractivity contribution in [3.63, 3.8) is 0 Å². The van der Waals surface area contributed by atoms with Gasteiger partial charge in [0.15, 0.2) is 0 Å². The number of likely N-dealkylation sites (tertiary alicyclic amines) is 1. The van der Waals surface area contributed by atoms with Gasteiger partial charge in [0.1, 0.15) is 0 Å². The zero-order valence-electron chi connectivity index (χ0n) is 13.8. The van der Waals surface area contributed by atoms with Gasteiger partial charge < -0.3 is 5.73 Å². The van der Waals surface area contributed by atoms with E-state index in [0.29, 0.717) is 6.04 Å². The first-order valence-electron chi connectivity index (χ1n) is 8.53. The minimum Gasteiger partial charge on any atom is -0.329 e. The molecule has 3 unspecified atom stereocenters. The molecule has 21 heavy (non-hydrogen) atoms. The third-order valence-electron chi connectivity index (χ3n) is 5.58. The predicted molar refractivity (Wildman–Crippen MR) is 89.3 cm³/mol. The molecule has 1 saturated carbocycles. The quantitative estimate of drug-likeness (QED) is 0.917. The van der Waals surface area contributed by atoms with E-state index < -0.39 is 0 Å². The summed E-state index contributed by atoms with van der Waals surface area (Å²) in [4.78, 5) is 2.64. The maximum atomic E-state index is 6.12. The molecular formula is C19H30N2. The van der Waals surface area contributed by atoms with E-state index in [1.807, 2.05) is 0 Å². The van der Waals surface area contributed by atoms with Crippen LogP contribution in [0, 0.1) is 11.8 Å². The van der Waals surface area contributed by atoms with Crippen LogP contribution in [-0.4, -0.2) is 24.5 Å². The molecule has 0 amide bonds. The second-order valence-corrected chi connectivity index (χ2v) is 8.03. The standard InChI is InChI=1S/C19H30N2/c1-19(2,3)17-9-7-14(8-10-17)18(11-20)21-12-15-5-4-6-16(15)13-21/h7-10,15-16,18H,4-6,11-13,20H2,1-3H3. The molecule has 2 aliphatic rings. The van der Waals surface area contributed by atoms with Crippen LogP contribution < -0.4 is 5.73 Å². The molecule has 0 aromatic heterocycles. The molecule has 1 aromatic rings. The Labute approximate surface area is 129 Å². The van der Waals surface area contributed by atoms with Crippen molar-refractivity contribution in [1.82, 2.24) is 4.90 Å². The Morgan fingerprint density at radius 1 is 1.10 bits per heavy atom. The van der Waals surface area contributed by atoms with E-state index in [-0.39, 0.29) is 5.41 Å². The van der Waals surface area contributed by atoms with E-state index in [0.717, 1.165) is 18.4 Å². The zero-order valence-corrected chi connectivity index (χ0v) is 13.8. The van der Waals surface area contributed by atoms with E-state index in [2.05, 4.69) is 49.9 Å². The van der Waals surface area contributed by atoms with Crippen molar-refractivity contribution in [1.29, 1.82) is 0 Å². The van der Waals surface area contributed by atoms with Crippen LogP contribution >= 0.6 is 0 Å². The second-order valence-electron chi connectivity index (χ2n) is 8.03. The van der Waals surface area contributed by atoms with Crippen molar-refractivity contribution in [2.75, 3.05) is 19.6 Å². The maximum Gasteiger partial charge on any atom is 0.0470 e. The monoisotopic (exact) mass is 286 g/mol. The summed E-state index contributed by atoms with van der Waals surface area (Å²) < 4.78 is 0. The lowest BCUT2D eigenvalue weighted by Gasteiger charge is -2.28. The number of nitrogens with two attached hydrogens (primary N) is 1. The summed E-state index contributed by atoms with van der Waals surface area (Å²) in [6.45, 7) is 10.0. The average Bonchev–Trinajstić information content (AvgIpc) is 3.00. The molecule has 3 rings (SSSR count). The van der Waals surface area contributed by atoms with Gasteiger partial charge in [0.05, 0.1) is 0 Å². The van der Waals surface area contributed by atoms with Gasteiger partial charge in [-0.25, -0.2) is 0 Å². The summed E-state index contributed by atoms with van der Waals surface area (Å²) in [5.41, 5.74) is 9.14. The van der Waals surface area contributed by atoms with Crippen LogP contribution in [0.15, 0.2) is 24.3 Å². The molecule has 2 heteroatoms. The molecule has 0 bridgehead atoms. The fourth-order valence-electron chi connectivity index (χ4n) is 4.23. The number of fused-ring (bicyclic) bond motifs is 1. The van der Waals surface area contributed by atoms with Crippen molar-refractivity contribution in [3.05, 3.63) is 35.4 Å². The van der Waals surface area contributed by atoms with Crippen LogP contribution in [0.5, 0.6) is 0 Å². The molecular weight excluding hydrogens is 256 g/mol. The third kappa shape index (κ3) is 3.02. The summed E-state index contributed by atoms with van der Waals surface area (Å²) in [7, 11) is 0. The summed E-state index contributed by atoms with van der Waals surface area (Å²) >= 11 is 0. The molecule has 1 aliphatic carbocycles. The van der Waals surface area contributed by atoms with E-state index in [1.165, 1.54) is 43.5 Å². The van der Waals surface area contributed by atoms with Crippen LogP contribution in [0.4, 0.5) is 0 Å². The predicted octanol–water partition coefficient (Wildman–Crippen LogP) is 3.72. The first kappa shape index (κ1) is 15.1. The lowest BCUT2D eigenvalue weighted by molar-refractivity contribution is 0.232. The molecule has 1 heterocycles. The SMILES string of the molecule is CC(C)(C)c1ccc(C(CN)N2CC3CCCC3C2)cc1. The lowest BCUT2D eigenvalue weighted by atomic mass is 9.86. The Hall–Kier alpha value is -0.860. The molecule has 0 radical (unpaired) electrons. The first-order chi connectivity index (χ1) is 9.99. The van der Waals surface area contributed by atoms with E-state index >= 15 is 0 Å². The highest BCUT2D eigenvalue weighted by atomic mass is 15.2. The minimum atomic E-state index is 0.224. The van der Waals surface area contributed by atoms with Gasteiger partial charge in [0, 0.05) is 25.7 Å². The molecule has 1 aromatic carbocycles. The zero-order chi connectivity index (χ0) is 15.0. The summed E-state index contributed by atoms with van der Waals surface area (Å²) in [6, 6.07) is 9.58. The van der Waals surface area contributed by atoms with Crippen molar-refractivity contribution in [2.45, 2.75) is 51.5 Å². The summed E-state index contributed by atoms with van der Waals surface area (Å²) in [6.07, 6.45) is 4.31. The largest absolute Gasteiger partial charge is 0.329 e. The van der Waals surface area contributed by atoms with Crippen LogP contribution in [-0.2, 0) is 5.41 Å². The van der Waals surface area contributed by atoms with Crippen LogP contribution in [0.1, 0.15) is 57.2 Å². The van der Waals surface area contributed by atoms with Gasteiger partial charge in [0.2, 0.25) is 0 Å². The number of rotatable bonds is 3. The van der Waals surface area contributed by atoms with Crippen LogP contribution in [0.2, 0.25) is 0 Å². The molecule has 2 N–H and O–H groups in total. The number of nitrogens with zero attached hydrogens (tertiary/aromatic N) is 1. The molecule has 1 saturated heterocycles. The molecule has 3 atom stereocenters. The van der Waals surface area contributed by atoms with Crippen LogP contribution in [0.3, 0.4) is 0 Å². The Morgan fingerprint density at radius 3 is 2.14 bits per heavy atom. The van der Waals surface area contributed by atoms with E-state index in [4.69, 9.17) is 5.73 Å². The highest BCUT2D eigenvalue weighted by Gasteiger charge is 2.38. The smallest absolute Gasteiger partial charge is 0.0470 e. The Bertz CT molecular complexity index is 459. The average molecular weight is 286 g/mol. The minimum absolute atomic E-state index is 0.224. The van der Waals surface area contributed by atoms with Gasteiger partial charge in [-0.05, 0) is 41.2 Å². The number of hydrogen-bond acceptors (Lipinski definition) is 2. The van der Waals surface area contributed by atoms with Gasteiger partial charge in [-0.3, -0.25) is 4.90 Å². The van der Waals surface area contributed by atoms with Gasteiger partial charge in [-0.2, -0.15) is 0 Å². The Morgan fingerprint density at radius 2 is 1.67 bits per heavy atom. The highest BCUT2D eigenvalue weighted by molar-refractivity contribution is 5.29. The number of benzene rings is 1. The first-order valence-corrected chi connectivity index (χ1v) is 8.53. The van der Waals surface area contributed by atoms with E-state index in [1.54, 1.807) is 0 Å². The maximum absolute atomic E-state index is 6.12. The fraction of sp³-hybridized carbons (Fsp3) is 0.684. The van der Waals surface area contributed by atoms with Crippen molar-refractivity contribution in [2.24, 2.45) is 17.6 Å². The lowest BCUT2D eigenvalue weighted by Crippen LogP contribution is -2.32.